The normalized spacial score (nSPS) is 10.3. The molecular weight excluding hydrogens is 414 g/mol. The molecule has 0 unspecified atom stereocenters. The van der Waals surface area contributed by atoms with E-state index < -0.39 is 40.7 Å². The second-order valence-electron chi connectivity index (χ2n) is 6.18. The Morgan fingerprint density at radius 1 is 1.06 bits per heavy atom. The van der Waals surface area contributed by atoms with Gasteiger partial charge in [-0.3, -0.25) is 0 Å². The fourth-order valence-corrected chi connectivity index (χ4v) is 2.55. The SMILES string of the molecule is COc1ccc(C#N)cc1Oc1nc(Oc2cc(O)cc(C(=O)O)c2)c(F)c(C)c1F. The minimum absolute atomic E-state index is 0.0459. The van der Waals surface area contributed by atoms with E-state index in [1.807, 2.05) is 6.07 Å². The molecule has 3 rings (SSSR count). The predicted molar refractivity (Wildman–Crippen MR) is 102 cm³/mol. The number of nitriles is 1. The zero-order valence-corrected chi connectivity index (χ0v) is 16.1. The Bertz CT molecular complexity index is 1220. The van der Waals surface area contributed by atoms with Gasteiger partial charge in [-0.05, 0) is 31.2 Å². The lowest BCUT2D eigenvalue weighted by atomic mass is 10.2. The monoisotopic (exact) mass is 428 g/mol. The summed E-state index contributed by atoms with van der Waals surface area (Å²) in [4.78, 5) is 14.8. The molecule has 2 N–H and O–H groups in total. The molecule has 0 bridgehead atoms. The summed E-state index contributed by atoms with van der Waals surface area (Å²) in [7, 11) is 1.34. The Morgan fingerprint density at radius 2 is 1.74 bits per heavy atom. The fourth-order valence-electron chi connectivity index (χ4n) is 2.55. The standard InChI is InChI=1S/C21H14F2N2O6/c1-10-17(22)19(30-14-7-12(21(27)28)6-13(26)8-14)25-20(18(10)23)31-16-5-11(9-24)3-4-15(16)29-2/h3-8,26H,1-2H3,(H,27,28). The molecule has 0 aliphatic carbocycles. The number of ether oxygens (including phenoxy) is 3. The Labute approximate surface area is 174 Å². The Hall–Kier alpha value is -4.39. The summed E-state index contributed by atoms with van der Waals surface area (Å²) in [5.41, 5.74) is -0.592. The maximum atomic E-state index is 14.6. The molecule has 10 heteroatoms. The fraction of sp³-hybridized carbons (Fsp3) is 0.0952. The van der Waals surface area contributed by atoms with Gasteiger partial charge in [0.25, 0.3) is 11.8 Å². The highest BCUT2D eigenvalue weighted by atomic mass is 19.1. The van der Waals surface area contributed by atoms with Gasteiger partial charge in [-0.1, -0.05) is 0 Å². The number of carboxylic acid groups (broad SMARTS) is 1. The summed E-state index contributed by atoms with van der Waals surface area (Å²) >= 11 is 0. The Kier molecular flexibility index (Phi) is 5.88. The number of halogens is 2. The van der Waals surface area contributed by atoms with Crippen LogP contribution in [0.15, 0.2) is 36.4 Å². The van der Waals surface area contributed by atoms with Crippen LogP contribution in [0, 0.1) is 29.9 Å². The first-order chi connectivity index (χ1) is 14.7. The third-order valence-corrected chi connectivity index (χ3v) is 4.09. The van der Waals surface area contributed by atoms with Gasteiger partial charge in [0.1, 0.15) is 11.5 Å². The van der Waals surface area contributed by atoms with Crippen molar-refractivity contribution in [3.8, 4) is 40.8 Å². The van der Waals surface area contributed by atoms with Crippen LogP contribution in [0.25, 0.3) is 0 Å². The number of carbonyl (C=O) groups is 1. The molecule has 8 nitrogen and oxygen atoms in total. The first-order valence-corrected chi connectivity index (χ1v) is 8.60. The number of hydrogen-bond acceptors (Lipinski definition) is 7. The van der Waals surface area contributed by atoms with E-state index in [-0.39, 0.29) is 28.4 Å². The van der Waals surface area contributed by atoms with E-state index in [0.29, 0.717) is 0 Å². The minimum atomic E-state index is -1.35. The lowest BCUT2D eigenvalue weighted by Crippen LogP contribution is -2.03. The van der Waals surface area contributed by atoms with E-state index in [0.717, 1.165) is 25.1 Å². The molecule has 0 saturated carbocycles. The van der Waals surface area contributed by atoms with Gasteiger partial charge in [0.05, 0.1) is 24.3 Å². The van der Waals surface area contributed by atoms with E-state index in [2.05, 4.69) is 4.98 Å². The summed E-state index contributed by atoms with van der Waals surface area (Å²) in [5, 5.41) is 27.8. The molecule has 0 fully saturated rings. The van der Waals surface area contributed by atoms with E-state index in [1.54, 1.807) is 0 Å². The number of aromatic nitrogens is 1. The lowest BCUT2D eigenvalue weighted by molar-refractivity contribution is 0.0696. The van der Waals surface area contributed by atoms with Crippen LogP contribution in [-0.2, 0) is 0 Å². The van der Waals surface area contributed by atoms with Crippen LogP contribution in [0.3, 0.4) is 0 Å². The zero-order valence-electron chi connectivity index (χ0n) is 16.1. The van der Waals surface area contributed by atoms with Crippen LogP contribution in [0.4, 0.5) is 8.78 Å². The highest BCUT2D eigenvalue weighted by Gasteiger charge is 2.22. The molecule has 0 aliphatic rings. The van der Waals surface area contributed by atoms with Crippen LogP contribution >= 0.6 is 0 Å². The summed E-state index contributed by atoms with van der Waals surface area (Å²) in [6, 6.07) is 9.11. The average molecular weight is 428 g/mol. The Balaban J connectivity index is 2.04. The number of phenolic OH excluding ortho intramolecular Hbond substituents is 1. The van der Waals surface area contributed by atoms with Crippen molar-refractivity contribution in [1.29, 1.82) is 5.26 Å². The van der Waals surface area contributed by atoms with Crippen LogP contribution in [-0.4, -0.2) is 28.3 Å². The van der Waals surface area contributed by atoms with E-state index in [1.165, 1.54) is 25.3 Å². The molecule has 0 atom stereocenters. The van der Waals surface area contributed by atoms with Crippen molar-refractivity contribution in [1.82, 2.24) is 4.98 Å². The number of methoxy groups -OCH3 is 1. The molecule has 1 aromatic heterocycles. The van der Waals surface area contributed by atoms with E-state index in [4.69, 9.17) is 24.6 Å². The van der Waals surface area contributed by atoms with Crippen molar-refractivity contribution in [3.05, 3.63) is 64.7 Å². The summed E-state index contributed by atoms with van der Waals surface area (Å²) in [6.45, 7) is 1.13. The Morgan fingerprint density at radius 3 is 2.35 bits per heavy atom. The predicted octanol–water partition coefficient (Wildman–Crippen LogP) is 4.54. The summed E-state index contributed by atoms with van der Waals surface area (Å²) in [6.07, 6.45) is 0. The van der Waals surface area contributed by atoms with Gasteiger partial charge in [0.2, 0.25) is 0 Å². The van der Waals surface area contributed by atoms with Gasteiger partial charge >= 0.3 is 5.97 Å². The zero-order chi connectivity index (χ0) is 22.7. The number of hydrogen-bond donors (Lipinski definition) is 2. The molecule has 31 heavy (non-hydrogen) atoms. The van der Waals surface area contributed by atoms with Gasteiger partial charge in [-0.2, -0.15) is 10.2 Å². The van der Waals surface area contributed by atoms with Gasteiger partial charge in [0.15, 0.2) is 23.1 Å². The number of carboxylic acids is 1. The smallest absolute Gasteiger partial charge is 0.335 e. The molecule has 2 aromatic carbocycles. The lowest BCUT2D eigenvalue weighted by Gasteiger charge is -2.14. The largest absolute Gasteiger partial charge is 0.508 e. The molecular formula is C21H14F2N2O6. The van der Waals surface area contributed by atoms with Crippen molar-refractivity contribution in [2.24, 2.45) is 0 Å². The van der Waals surface area contributed by atoms with E-state index >= 15 is 0 Å². The van der Waals surface area contributed by atoms with Crippen molar-refractivity contribution in [2.45, 2.75) is 6.92 Å². The van der Waals surface area contributed by atoms with Gasteiger partial charge in [-0.15, -0.1) is 0 Å². The second kappa shape index (κ2) is 8.54. The molecule has 3 aromatic rings. The van der Waals surface area contributed by atoms with Gasteiger partial charge in [0, 0.05) is 17.7 Å². The van der Waals surface area contributed by atoms with Crippen LogP contribution in [0.2, 0.25) is 0 Å². The number of pyridine rings is 1. The molecule has 0 aliphatic heterocycles. The van der Waals surface area contributed by atoms with Crippen molar-refractivity contribution in [3.63, 3.8) is 0 Å². The third kappa shape index (κ3) is 4.45. The summed E-state index contributed by atoms with van der Waals surface area (Å²) < 4.78 is 45.0. The second-order valence-corrected chi connectivity index (χ2v) is 6.18. The van der Waals surface area contributed by atoms with Crippen molar-refractivity contribution < 1.29 is 38.0 Å². The van der Waals surface area contributed by atoms with Crippen molar-refractivity contribution in [2.75, 3.05) is 7.11 Å². The topological polar surface area (TPSA) is 122 Å². The molecule has 0 radical (unpaired) electrons. The number of rotatable bonds is 6. The average Bonchev–Trinajstić information content (AvgIpc) is 2.75. The molecule has 0 amide bonds. The number of nitrogens with zero attached hydrogens (tertiary/aromatic N) is 2. The van der Waals surface area contributed by atoms with Crippen LogP contribution < -0.4 is 14.2 Å². The van der Waals surface area contributed by atoms with Crippen LogP contribution in [0.5, 0.6) is 34.8 Å². The van der Waals surface area contributed by atoms with E-state index in [9.17, 15) is 18.7 Å². The van der Waals surface area contributed by atoms with Gasteiger partial charge in [-0.25, -0.2) is 13.6 Å². The van der Waals surface area contributed by atoms with Crippen LogP contribution in [0.1, 0.15) is 21.5 Å². The highest BCUT2D eigenvalue weighted by Crippen LogP contribution is 2.37. The summed E-state index contributed by atoms with van der Waals surface area (Å²) in [5.74, 6) is -5.56. The number of phenols is 1. The molecule has 158 valence electrons. The molecule has 0 saturated heterocycles. The van der Waals surface area contributed by atoms with Gasteiger partial charge < -0.3 is 24.4 Å². The first kappa shape index (κ1) is 21.3. The first-order valence-electron chi connectivity index (χ1n) is 8.60. The maximum Gasteiger partial charge on any atom is 0.335 e. The maximum absolute atomic E-state index is 14.6. The number of benzene rings is 2. The number of aromatic hydroxyl groups is 1. The molecule has 0 spiro atoms. The number of aromatic carboxylic acids is 1. The minimum Gasteiger partial charge on any atom is -0.508 e. The highest BCUT2D eigenvalue weighted by molar-refractivity contribution is 5.88. The third-order valence-electron chi connectivity index (χ3n) is 4.09. The quantitative estimate of drug-likeness (QED) is 0.587. The van der Waals surface area contributed by atoms with Crippen molar-refractivity contribution >= 4 is 5.97 Å². The molecule has 1 heterocycles.